The van der Waals surface area contributed by atoms with Crippen LogP contribution in [-0.4, -0.2) is 63.4 Å². The van der Waals surface area contributed by atoms with Gasteiger partial charge >= 0.3 is 12.1 Å². The topological polar surface area (TPSA) is 82.7 Å². The fourth-order valence-corrected chi connectivity index (χ4v) is 5.21. The van der Waals surface area contributed by atoms with Crippen LogP contribution in [0.15, 0.2) is 9.90 Å². The Morgan fingerprint density at radius 3 is 2.38 bits per heavy atom. The highest BCUT2D eigenvalue weighted by Gasteiger charge is 2.41. The van der Waals surface area contributed by atoms with E-state index in [0.29, 0.717) is 5.41 Å². The number of alkyl halides is 3. The number of hydrogen-bond acceptors (Lipinski definition) is 7. The molecule has 1 N–H and O–H groups in total. The highest BCUT2D eigenvalue weighted by molar-refractivity contribution is 7.09. The molecule has 0 saturated carbocycles. The second-order valence-electron chi connectivity index (χ2n) is 8.74. The minimum absolute atomic E-state index is 0.461. The lowest BCUT2D eigenvalue weighted by atomic mass is 9.79. The number of carboxylic acid groups (broad SMARTS) is 1. The highest BCUT2D eigenvalue weighted by Crippen LogP contribution is 2.40. The molecule has 178 valence electrons. The van der Waals surface area contributed by atoms with Gasteiger partial charge in [0.1, 0.15) is 5.76 Å². The second-order valence-corrected chi connectivity index (χ2v) is 9.80. The second kappa shape index (κ2) is 9.88. The standard InChI is InChI=1S/C19H28N4OS.C2HF3O2/c1-14-18(15(2)24-21-14)10-22-7-4-5-19(12-22)6-8-23(13-19)9-17-11-25-16(3)20-17;3-2(4,5)1(6)7/h11H,4-10,12-13H2,1-3H3;(H,6,7). The Kier molecular flexibility index (Phi) is 7.61. The summed E-state index contributed by atoms with van der Waals surface area (Å²) in [6.07, 6.45) is -1.11. The van der Waals surface area contributed by atoms with Crippen LogP contribution in [0.1, 0.15) is 47.0 Å². The number of aryl methyl sites for hydroxylation is 3. The summed E-state index contributed by atoms with van der Waals surface area (Å²) in [6.45, 7) is 13.0. The summed E-state index contributed by atoms with van der Waals surface area (Å²) in [7, 11) is 0. The van der Waals surface area contributed by atoms with Crippen molar-refractivity contribution in [1.29, 1.82) is 0 Å². The lowest BCUT2D eigenvalue weighted by Crippen LogP contribution is -2.44. The number of hydrogen-bond donors (Lipinski definition) is 1. The van der Waals surface area contributed by atoms with Crippen LogP contribution in [0.2, 0.25) is 0 Å². The average molecular weight is 475 g/mol. The van der Waals surface area contributed by atoms with Gasteiger partial charge in [-0.1, -0.05) is 5.16 Å². The van der Waals surface area contributed by atoms with Crippen LogP contribution in [0.3, 0.4) is 0 Å². The van der Waals surface area contributed by atoms with E-state index in [1.807, 2.05) is 6.92 Å². The molecule has 2 aliphatic rings. The summed E-state index contributed by atoms with van der Waals surface area (Å²) in [5.41, 5.74) is 4.03. The van der Waals surface area contributed by atoms with Crippen LogP contribution in [0.5, 0.6) is 0 Å². The van der Waals surface area contributed by atoms with E-state index in [2.05, 4.69) is 39.2 Å². The Bertz CT molecular complexity index is 910. The average Bonchev–Trinajstić information content (AvgIpc) is 3.38. The molecule has 11 heteroatoms. The number of carbonyl (C=O) groups is 1. The number of likely N-dealkylation sites (tertiary alicyclic amines) is 2. The monoisotopic (exact) mass is 474 g/mol. The van der Waals surface area contributed by atoms with Crippen molar-refractivity contribution in [3.8, 4) is 0 Å². The SMILES string of the molecule is Cc1nc(CN2CCC3(CCCN(Cc4c(C)noc4C)C3)C2)cs1.O=C(O)C(F)(F)F. The van der Waals surface area contributed by atoms with Crippen LogP contribution in [0.25, 0.3) is 0 Å². The third kappa shape index (κ3) is 6.29. The molecule has 2 saturated heterocycles. The minimum atomic E-state index is -5.08. The fraction of sp³-hybridized carbons (Fsp3) is 0.667. The van der Waals surface area contributed by atoms with E-state index in [1.54, 1.807) is 11.3 Å². The van der Waals surface area contributed by atoms with Gasteiger partial charge in [0, 0.05) is 37.1 Å². The number of halogens is 3. The number of rotatable bonds is 4. The van der Waals surface area contributed by atoms with Gasteiger partial charge in [-0.3, -0.25) is 9.80 Å². The van der Waals surface area contributed by atoms with E-state index < -0.39 is 12.1 Å². The molecule has 4 heterocycles. The van der Waals surface area contributed by atoms with Gasteiger partial charge in [-0.25, -0.2) is 9.78 Å². The highest BCUT2D eigenvalue weighted by atomic mass is 32.1. The fourth-order valence-electron chi connectivity index (χ4n) is 4.60. The van der Waals surface area contributed by atoms with Crippen LogP contribution in [0.4, 0.5) is 13.2 Å². The van der Waals surface area contributed by atoms with Crippen molar-refractivity contribution in [1.82, 2.24) is 19.9 Å². The van der Waals surface area contributed by atoms with Crippen LogP contribution in [-0.2, 0) is 17.9 Å². The van der Waals surface area contributed by atoms with Crippen molar-refractivity contribution in [3.05, 3.63) is 33.1 Å². The molecule has 0 aliphatic carbocycles. The number of aliphatic carboxylic acids is 1. The summed E-state index contributed by atoms with van der Waals surface area (Å²) in [6, 6.07) is 0. The van der Waals surface area contributed by atoms with E-state index in [9.17, 15) is 13.2 Å². The van der Waals surface area contributed by atoms with Crippen molar-refractivity contribution in [2.45, 2.75) is 59.3 Å². The molecule has 1 spiro atoms. The number of thiazole rings is 1. The van der Waals surface area contributed by atoms with Crippen LogP contribution >= 0.6 is 11.3 Å². The zero-order valence-electron chi connectivity index (χ0n) is 18.5. The number of aromatic nitrogens is 2. The van der Waals surface area contributed by atoms with Crippen molar-refractivity contribution in [2.75, 3.05) is 26.2 Å². The summed E-state index contributed by atoms with van der Waals surface area (Å²) in [5, 5.41) is 14.6. The Labute approximate surface area is 189 Å². The molecule has 32 heavy (non-hydrogen) atoms. The van der Waals surface area contributed by atoms with E-state index in [-0.39, 0.29) is 0 Å². The molecule has 0 amide bonds. The van der Waals surface area contributed by atoms with Gasteiger partial charge in [-0.05, 0) is 58.5 Å². The summed E-state index contributed by atoms with van der Waals surface area (Å²) < 4.78 is 37.1. The quantitative estimate of drug-likeness (QED) is 0.712. The minimum Gasteiger partial charge on any atom is -0.475 e. The molecule has 0 radical (unpaired) electrons. The molecule has 0 bridgehead atoms. The number of piperidine rings is 1. The van der Waals surface area contributed by atoms with Gasteiger partial charge in [-0.15, -0.1) is 11.3 Å². The first-order chi connectivity index (χ1) is 15.0. The normalized spacial score (nSPS) is 22.2. The molecule has 2 fully saturated rings. The molecule has 4 rings (SSSR count). The third-order valence-corrected chi connectivity index (χ3v) is 6.94. The molecule has 1 atom stereocenters. The third-order valence-electron chi connectivity index (χ3n) is 6.12. The van der Waals surface area contributed by atoms with E-state index >= 15 is 0 Å². The molecule has 2 aromatic heterocycles. The van der Waals surface area contributed by atoms with Crippen LogP contribution < -0.4 is 0 Å². The molecule has 1 unspecified atom stereocenters. The van der Waals surface area contributed by atoms with Crippen molar-refractivity contribution >= 4 is 17.3 Å². The van der Waals surface area contributed by atoms with Crippen LogP contribution in [0, 0.1) is 26.2 Å². The Morgan fingerprint density at radius 1 is 1.19 bits per heavy atom. The zero-order valence-corrected chi connectivity index (χ0v) is 19.4. The van der Waals surface area contributed by atoms with Crippen molar-refractivity contribution < 1.29 is 27.6 Å². The smallest absolute Gasteiger partial charge is 0.475 e. The van der Waals surface area contributed by atoms with Crippen molar-refractivity contribution in [2.24, 2.45) is 5.41 Å². The maximum Gasteiger partial charge on any atom is 0.490 e. The maximum absolute atomic E-state index is 10.6. The molecular weight excluding hydrogens is 445 g/mol. The maximum atomic E-state index is 10.6. The van der Waals surface area contributed by atoms with Gasteiger partial charge in [0.05, 0.1) is 16.4 Å². The first-order valence-electron chi connectivity index (χ1n) is 10.5. The summed E-state index contributed by atoms with van der Waals surface area (Å²) in [5.74, 6) is -1.78. The van der Waals surface area contributed by atoms with E-state index in [0.717, 1.165) is 24.5 Å². The van der Waals surface area contributed by atoms with Gasteiger partial charge in [0.15, 0.2) is 0 Å². The molecule has 0 aromatic carbocycles. The summed E-state index contributed by atoms with van der Waals surface area (Å²) in [4.78, 5) is 18.8. The van der Waals surface area contributed by atoms with E-state index in [4.69, 9.17) is 14.4 Å². The predicted molar refractivity (Wildman–Crippen MR) is 113 cm³/mol. The van der Waals surface area contributed by atoms with Gasteiger partial charge < -0.3 is 9.63 Å². The molecule has 2 aromatic rings. The zero-order chi connectivity index (χ0) is 23.5. The Morgan fingerprint density at radius 2 is 1.84 bits per heavy atom. The Balaban J connectivity index is 0.000000360. The van der Waals surface area contributed by atoms with Crippen molar-refractivity contribution in [3.63, 3.8) is 0 Å². The molecular formula is C21H29F3N4O3S. The van der Waals surface area contributed by atoms with Gasteiger partial charge in [-0.2, -0.15) is 13.2 Å². The number of nitrogens with zero attached hydrogens (tertiary/aromatic N) is 4. The van der Waals surface area contributed by atoms with Gasteiger partial charge in [0.2, 0.25) is 0 Å². The Hall–Kier alpha value is -1.98. The van der Waals surface area contributed by atoms with E-state index in [1.165, 1.54) is 61.7 Å². The first-order valence-corrected chi connectivity index (χ1v) is 11.4. The molecule has 7 nitrogen and oxygen atoms in total. The lowest BCUT2D eigenvalue weighted by Gasteiger charge is -2.40. The lowest BCUT2D eigenvalue weighted by molar-refractivity contribution is -0.192. The first kappa shape index (κ1) is 24.7. The predicted octanol–water partition coefficient (Wildman–Crippen LogP) is 4.18. The largest absolute Gasteiger partial charge is 0.490 e. The summed E-state index contributed by atoms with van der Waals surface area (Å²) >= 11 is 1.76. The molecule has 2 aliphatic heterocycles. The number of carboxylic acids is 1. The van der Waals surface area contributed by atoms with Gasteiger partial charge in [0.25, 0.3) is 0 Å².